The SMILES string of the molecule is C=CCN(C(=O)c1cccc(OCC(=O)N(C)C)c1)c1nc2c(s1)CCCC2. The van der Waals surface area contributed by atoms with Crippen LogP contribution in [-0.2, 0) is 17.6 Å². The van der Waals surface area contributed by atoms with Crippen molar-refractivity contribution in [1.82, 2.24) is 9.88 Å². The number of likely N-dealkylation sites (N-methyl/N-ethyl adjacent to an activating group) is 1. The molecular formula is C21H25N3O3S. The first-order valence-electron chi connectivity index (χ1n) is 9.34. The molecule has 2 aromatic rings. The van der Waals surface area contributed by atoms with Gasteiger partial charge in [-0.2, -0.15) is 0 Å². The minimum atomic E-state index is -0.157. The van der Waals surface area contributed by atoms with Crippen molar-refractivity contribution in [2.24, 2.45) is 0 Å². The third kappa shape index (κ3) is 4.59. The maximum absolute atomic E-state index is 13.2. The number of carbonyl (C=O) groups excluding carboxylic acids is 2. The van der Waals surface area contributed by atoms with Crippen molar-refractivity contribution in [2.45, 2.75) is 25.7 Å². The highest BCUT2D eigenvalue weighted by atomic mass is 32.1. The molecule has 7 heteroatoms. The number of nitrogens with zero attached hydrogens (tertiary/aromatic N) is 3. The molecular weight excluding hydrogens is 374 g/mol. The highest BCUT2D eigenvalue weighted by Crippen LogP contribution is 2.32. The zero-order chi connectivity index (χ0) is 20.1. The molecule has 1 aromatic heterocycles. The van der Waals surface area contributed by atoms with Crippen molar-refractivity contribution in [3.05, 3.63) is 53.1 Å². The highest BCUT2D eigenvalue weighted by Gasteiger charge is 2.23. The average Bonchev–Trinajstić information content (AvgIpc) is 3.13. The molecule has 0 fully saturated rings. The van der Waals surface area contributed by atoms with E-state index >= 15 is 0 Å². The molecule has 1 aliphatic rings. The van der Waals surface area contributed by atoms with Gasteiger partial charge in [-0.15, -0.1) is 17.9 Å². The second kappa shape index (κ2) is 9.01. The maximum atomic E-state index is 13.2. The number of carbonyl (C=O) groups is 2. The summed E-state index contributed by atoms with van der Waals surface area (Å²) in [5.74, 6) is 0.187. The van der Waals surface area contributed by atoms with Gasteiger partial charge in [0.15, 0.2) is 11.7 Å². The molecule has 0 N–H and O–H groups in total. The molecule has 1 aliphatic carbocycles. The van der Waals surface area contributed by atoms with Crippen molar-refractivity contribution in [2.75, 3.05) is 32.1 Å². The monoisotopic (exact) mass is 399 g/mol. The minimum Gasteiger partial charge on any atom is -0.484 e. The van der Waals surface area contributed by atoms with Crippen molar-refractivity contribution >= 4 is 28.3 Å². The molecule has 2 amide bonds. The van der Waals surface area contributed by atoms with Crippen LogP contribution >= 0.6 is 11.3 Å². The van der Waals surface area contributed by atoms with E-state index in [-0.39, 0.29) is 18.4 Å². The minimum absolute atomic E-state index is 0.0692. The van der Waals surface area contributed by atoms with E-state index < -0.39 is 0 Å². The second-order valence-electron chi connectivity index (χ2n) is 6.88. The summed E-state index contributed by atoms with van der Waals surface area (Å²) >= 11 is 1.59. The van der Waals surface area contributed by atoms with E-state index in [0.29, 0.717) is 23.0 Å². The predicted octanol–water partition coefficient (Wildman–Crippen LogP) is 3.32. The van der Waals surface area contributed by atoms with E-state index in [0.717, 1.165) is 25.0 Å². The Morgan fingerprint density at radius 3 is 2.79 bits per heavy atom. The first-order valence-corrected chi connectivity index (χ1v) is 10.2. The number of aryl methyl sites for hydroxylation is 2. The number of hydrogen-bond acceptors (Lipinski definition) is 5. The molecule has 0 aliphatic heterocycles. The third-order valence-electron chi connectivity index (χ3n) is 4.56. The summed E-state index contributed by atoms with van der Waals surface area (Å²) in [7, 11) is 3.35. The van der Waals surface area contributed by atoms with Gasteiger partial charge in [-0.3, -0.25) is 14.5 Å². The number of thiazole rings is 1. The van der Waals surface area contributed by atoms with Gasteiger partial charge < -0.3 is 9.64 Å². The Labute approximate surface area is 169 Å². The summed E-state index contributed by atoms with van der Waals surface area (Å²) in [4.78, 5) is 34.0. The lowest BCUT2D eigenvalue weighted by Crippen LogP contribution is -2.31. The van der Waals surface area contributed by atoms with Crippen LogP contribution in [-0.4, -0.2) is 48.9 Å². The van der Waals surface area contributed by atoms with E-state index in [1.807, 2.05) is 0 Å². The Kier molecular flexibility index (Phi) is 6.46. The summed E-state index contributed by atoms with van der Waals surface area (Å²) in [6, 6.07) is 6.89. The fourth-order valence-electron chi connectivity index (χ4n) is 2.98. The van der Waals surface area contributed by atoms with Crippen LogP contribution in [0.15, 0.2) is 36.9 Å². The number of anilines is 1. The molecule has 0 spiro atoms. The quantitative estimate of drug-likeness (QED) is 0.670. The fraction of sp³-hybridized carbons (Fsp3) is 0.381. The molecule has 0 radical (unpaired) electrons. The Hall–Kier alpha value is -2.67. The number of rotatable bonds is 7. The number of hydrogen-bond donors (Lipinski definition) is 0. The van der Waals surface area contributed by atoms with E-state index in [2.05, 4.69) is 6.58 Å². The molecule has 1 aromatic carbocycles. The molecule has 0 unspecified atom stereocenters. The van der Waals surface area contributed by atoms with Gasteiger partial charge in [0.05, 0.1) is 5.69 Å². The van der Waals surface area contributed by atoms with Crippen LogP contribution < -0.4 is 9.64 Å². The number of amides is 2. The lowest BCUT2D eigenvalue weighted by atomic mass is 10.0. The van der Waals surface area contributed by atoms with E-state index in [4.69, 9.17) is 9.72 Å². The van der Waals surface area contributed by atoms with Gasteiger partial charge >= 0.3 is 0 Å². The van der Waals surface area contributed by atoms with Crippen molar-refractivity contribution in [1.29, 1.82) is 0 Å². The second-order valence-corrected chi connectivity index (χ2v) is 7.94. The first-order chi connectivity index (χ1) is 13.5. The van der Waals surface area contributed by atoms with Gasteiger partial charge in [0.2, 0.25) is 0 Å². The topological polar surface area (TPSA) is 62.7 Å². The Bertz CT molecular complexity index is 852. The standard InChI is InChI=1S/C21H25N3O3S/c1-4-12-24(21-22-17-10-5-6-11-18(17)28-21)20(26)15-8-7-9-16(13-15)27-14-19(25)23(2)3/h4,7-9,13H,1,5-6,10-12,14H2,2-3H3. The van der Waals surface area contributed by atoms with Gasteiger partial charge in [0.1, 0.15) is 5.75 Å². The molecule has 0 saturated heterocycles. The molecule has 1 heterocycles. The lowest BCUT2D eigenvalue weighted by Gasteiger charge is -2.18. The smallest absolute Gasteiger partial charge is 0.260 e. The van der Waals surface area contributed by atoms with Crippen LogP contribution in [0.5, 0.6) is 5.75 Å². The molecule has 0 bridgehead atoms. The average molecular weight is 400 g/mol. The van der Waals surface area contributed by atoms with Gasteiger partial charge in [0, 0.05) is 31.1 Å². The van der Waals surface area contributed by atoms with E-state index in [9.17, 15) is 9.59 Å². The molecule has 6 nitrogen and oxygen atoms in total. The van der Waals surface area contributed by atoms with Gasteiger partial charge in [-0.25, -0.2) is 4.98 Å². The number of fused-ring (bicyclic) bond motifs is 1. The predicted molar refractivity (Wildman–Crippen MR) is 111 cm³/mol. The third-order valence-corrected chi connectivity index (χ3v) is 5.74. The zero-order valence-electron chi connectivity index (χ0n) is 16.3. The van der Waals surface area contributed by atoms with E-state index in [1.54, 1.807) is 60.7 Å². The molecule has 3 rings (SSSR count). The number of benzene rings is 1. The fourth-order valence-corrected chi connectivity index (χ4v) is 4.14. The summed E-state index contributed by atoms with van der Waals surface area (Å²) < 4.78 is 5.54. The number of ether oxygens (including phenoxy) is 1. The highest BCUT2D eigenvalue weighted by molar-refractivity contribution is 7.16. The summed E-state index contributed by atoms with van der Waals surface area (Å²) in [5.41, 5.74) is 1.61. The summed E-state index contributed by atoms with van der Waals surface area (Å²) in [6.07, 6.45) is 6.04. The van der Waals surface area contributed by atoms with Crippen LogP contribution in [0.25, 0.3) is 0 Å². The maximum Gasteiger partial charge on any atom is 0.260 e. The van der Waals surface area contributed by atoms with Crippen molar-refractivity contribution in [3.8, 4) is 5.75 Å². The molecule has 28 heavy (non-hydrogen) atoms. The van der Waals surface area contributed by atoms with Gasteiger partial charge in [-0.05, 0) is 43.9 Å². The largest absolute Gasteiger partial charge is 0.484 e. The Balaban J connectivity index is 1.79. The van der Waals surface area contributed by atoms with Crippen LogP contribution in [0.4, 0.5) is 5.13 Å². The normalized spacial score (nSPS) is 12.8. The molecule has 0 saturated carbocycles. The lowest BCUT2D eigenvalue weighted by molar-refractivity contribution is -0.130. The Morgan fingerprint density at radius 2 is 2.07 bits per heavy atom. The van der Waals surface area contributed by atoms with Gasteiger partial charge in [-0.1, -0.05) is 12.1 Å². The molecule has 0 atom stereocenters. The van der Waals surface area contributed by atoms with Crippen LogP contribution in [0.3, 0.4) is 0 Å². The summed E-state index contributed by atoms with van der Waals surface area (Å²) in [5, 5.41) is 0.714. The number of aromatic nitrogens is 1. The first kappa shape index (κ1) is 20.1. The van der Waals surface area contributed by atoms with Crippen LogP contribution in [0, 0.1) is 0 Å². The zero-order valence-corrected chi connectivity index (χ0v) is 17.1. The summed E-state index contributed by atoms with van der Waals surface area (Å²) in [6.45, 7) is 4.10. The van der Waals surface area contributed by atoms with E-state index in [1.165, 1.54) is 16.2 Å². The van der Waals surface area contributed by atoms with Gasteiger partial charge in [0.25, 0.3) is 11.8 Å². The Morgan fingerprint density at radius 1 is 1.29 bits per heavy atom. The molecule has 148 valence electrons. The van der Waals surface area contributed by atoms with Crippen molar-refractivity contribution < 1.29 is 14.3 Å². The van der Waals surface area contributed by atoms with Crippen LogP contribution in [0.2, 0.25) is 0 Å². The van der Waals surface area contributed by atoms with Crippen molar-refractivity contribution in [3.63, 3.8) is 0 Å². The van der Waals surface area contributed by atoms with Crippen LogP contribution in [0.1, 0.15) is 33.8 Å².